The van der Waals surface area contributed by atoms with Crippen LogP contribution in [-0.2, 0) is 84.8 Å². The minimum Gasteiger partial charge on any atom is -0.481 e. The van der Waals surface area contributed by atoms with Crippen molar-refractivity contribution in [3.63, 3.8) is 0 Å². The highest BCUT2D eigenvalue weighted by molar-refractivity contribution is 6.00. The Morgan fingerprint density at radius 2 is 0.804 bits per heavy atom. The number of aliphatic hydroxyl groups is 2. The predicted molar refractivity (Wildman–Crippen MR) is 392 cm³/mol. The van der Waals surface area contributed by atoms with Gasteiger partial charge in [0.25, 0.3) is 0 Å². The van der Waals surface area contributed by atoms with Gasteiger partial charge < -0.3 is 112 Å². The van der Waals surface area contributed by atoms with E-state index in [4.69, 9.17) is 17.2 Å². The van der Waals surface area contributed by atoms with E-state index >= 15 is 0 Å². The fourth-order valence-corrected chi connectivity index (χ4v) is 11.1. The number of H-pyrrole nitrogens is 1. The van der Waals surface area contributed by atoms with Crippen LogP contribution in [0.3, 0.4) is 0 Å². The zero-order valence-corrected chi connectivity index (χ0v) is 62.0. The van der Waals surface area contributed by atoms with Crippen molar-refractivity contribution in [3.05, 3.63) is 71.9 Å². The van der Waals surface area contributed by atoms with Gasteiger partial charge in [-0.3, -0.25) is 71.9 Å². The van der Waals surface area contributed by atoms with Gasteiger partial charge in [-0.05, 0) is 93.6 Å². The summed E-state index contributed by atoms with van der Waals surface area (Å²) in [5, 5.41) is 72.8. The van der Waals surface area contributed by atoms with Gasteiger partial charge in [-0.25, -0.2) is 0 Å². The van der Waals surface area contributed by atoms with E-state index in [1.165, 1.54) is 6.92 Å². The summed E-state index contributed by atoms with van der Waals surface area (Å²) in [6.07, 6.45) is 3.80. The first-order chi connectivity index (χ1) is 50.7. The average Bonchev–Trinajstić information content (AvgIpc) is 1.74. The maximum absolute atomic E-state index is 14.5. The van der Waals surface area contributed by atoms with Crippen molar-refractivity contribution in [3.8, 4) is 0 Å². The molecule has 0 aliphatic heterocycles. The number of unbranched alkanes of at least 4 members (excludes halogenated alkanes) is 4. The molecule has 2 aromatic carbocycles. The number of aromatic amines is 1. The van der Waals surface area contributed by atoms with Crippen LogP contribution >= 0.6 is 0 Å². The van der Waals surface area contributed by atoms with Crippen molar-refractivity contribution < 1.29 is 92.3 Å². The summed E-state index contributed by atoms with van der Waals surface area (Å²) in [5.41, 5.74) is 19.2. The second-order valence-electron chi connectivity index (χ2n) is 27.0. The van der Waals surface area contributed by atoms with E-state index in [0.29, 0.717) is 28.5 Å². The first kappa shape index (κ1) is 91.0. The second-order valence-corrected chi connectivity index (χ2v) is 27.0. The fourth-order valence-electron chi connectivity index (χ4n) is 11.1. The molecule has 0 radical (unpaired) electrons. The summed E-state index contributed by atoms with van der Waals surface area (Å²) in [6.45, 7) is 9.46. The number of carbonyl (C=O) groups excluding carboxylic acids is 13. The lowest BCUT2D eigenvalue weighted by Gasteiger charge is -2.29. The molecule has 36 heteroatoms. The Balaban J connectivity index is 1.85. The van der Waals surface area contributed by atoms with Crippen LogP contribution < -0.4 is 86.3 Å². The summed E-state index contributed by atoms with van der Waals surface area (Å²) in [5.74, 6) is -16.4. The van der Waals surface area contributed by atoms with Gasteiger partial charge in [0.05, 0.1) is 19.8 Å². The maximum atomic E-state index is 14.5. The van der Waals surface area contributed by atoms with E-state index in [1.54, 1.807) is 102 Å². The van der Waals surface area contributed by atoms with Crippen LogP contribution in [0.4, 0.5) is 0 Å². The number of fused-ring (bicyclic) bond motifs is 1. The van der Waals surface area contributed by atoms with E-state index in [-0.39, 0.29) is 70.0 Å². The van der Waals surface area contributed by atoms with Gasteiger partial charge in [-0.2, -0.15) is 0 Å². The Morgan fingerprint density at radius 1 is 0.402 bits per heavy atom. The molecule has 3 aromatic rings. The number of aromatic nitrogens is 1. The van der Waals surface area contributed by atoms with Gasteiger partial charge >= 0.3 is 11.9 Å². The molecule has 36 nitrogen and oxygen atoms in total. The van der Waals surface area contributed by atoms with E-state index in [0.717, 1.165) is 25.7 Å². The molecule has 24 N–H and O–H groups in total. The second kappa shape index (κ2) is 47.4. The maximum Gasteiger partial charge on any atom is 0.325 e. The first-order valence-electron chi connectivity index (χ1n) is 36.0. The van der Waals surface area contributed by atoms with Crippen LogP contribution in [0.15, 0.2) is 60.8 Å². The quantitative estimate of drug-likeness (QED) is 0.0241. The van der Waals surface area contributed by atoms with Crippen molar-refractivity contribution >= 4 is 99.6 Å². The summed E-state index contributed by atoms with van der Waals surface area (Å²) in [4.78, 5) is 206. The zero-order chi connectivity index (χ0) is 80.0. The molecule has 12 atom stereocenters. The van der Waals surface area contributed by atoms with Crippen molar-refractivity contribution in [2.75, 3.05) is 39.4 Å². The van der Waals surface area contributed by atoms with E-state index < -0.39 is 200 Å². The molecule has 3 rings (SSSR count). The Hall–Kier alpha value is -10.2. The lowest BCUT2D eigenvalue weighted by atomic mass is 9.98. The zero-order valence-electron chi connectivity index (χ0n) is 62.0. The summed E-state index contributed by atoms with van der Waals surface area (Å²) in [7, 11) is 0. The number of hydrogen-bond donors (Lipinski definition) is 21. The highest BCUT2D eigenvalue weighted by Crippen LogP contribution is 2.20. The van der Waals surface area contributed by atoms with Gasteiger partial charge in [-0.15, -0.1) is 0 Å². The van der Waals surface area contributed by atoms with E-state index in [9.17, 15) is 92.3 Å². The molecule has 1 aromatic heterocycles. The Bertz CT molecular complexity index is 3470. The van der Waals surface area contributed by atoms with Gasteiger partial charge in [0.15, 0.2) is 0 Å². The molecule has 594 valence electrons. The topological polar surface area (TPSA) is 587 Å². The third-order valence-electron chi connectivity index (χ3n) is 17.3. The van der Waals surface area contributed by atoms with Crippen molar-refractivity contribution in [1.29, 1.82) is 0 Å². The minimum atomic E-state index is -1.87. The normalized spacial score (nSPS) is 14.6. The standard InChI is InChI=1S/C71H111N17O19/c1-9-10-11-12-16-23-54(91)86-57(38(2)3)69(104)82-47(26-29-72)60(95)76-35-55(92)78-52(36-89)66(101)84-51(33-43-34-75-45-22-18-17-21-44(43)45)65(100)85-53(37-90)67(102)81-48(27-30-73)61(96)80-49(28-31-74)62(97)83-50(32-42-19-14-13-15-20-42)64(99)79-46(24-25-56(93)94)63(98)87-59(40(6)7)70(105)88-58(39(4)5)68(103)77-41(8)71(106)107/h13-15,17-22,34,38-41,46-53,57-59,75,89-90H,9-12,16,23-33,35-37,72-74H2,1-8H3,(H,76,95)(H,77,103)(H,78,92)(H,79,99)(H,80,96)(H,81,102)(H,82,104)(H,83,97)(H,84,101)(H,85,100)(H,86,91)(H,87,98)(H,88,105)(H,93,94)(H,106,107)/t41-,46-,47-,48-,49+,50-,51+,52+,53-,57+,58+,59-/m0/s1. The molecule has 13 amide bonds. The number of para-hydroxylation sites is 1. The Morgan fingerprint density at radius 3 is 1.31 bits per heavy atom. The van der Waals surface area contributed by atoms with Crippen molar-refractivity contribution in [2.24, 2.45) is 35.0 Å². The number of carboxylic acid groups (broad SMARTS) is 2. The molecule has 0 aliphatic rings. The third kappa shape index (κ3) is 31.4. The summed E-state index contributed by atoms with van der Waals surface area (Å²) in [6, 6.07) is -2.94. The Labute approximate surface area is 621 Å². The van der Waals surface area contributed by atoms with Crippen LogP contribution in [-0.4, -0.2) is 226 Å². The number of hydrogen-bond acceptors (Lipinski definition) is 20. The monoisotopic (exact) mass is 1510 g/mol. The smallest absolute Gasteiger partial charge is 0.325 e. The van der Waals surface area contributed by atoms with Crippen LogP contribution in [0.5, 0.6) is 0 Å². The molecule has 0 saturated carbocycles. The number of amides is 13. The van der Waals surface area contributed by atoms with Crippen LogP contribution in [0.1, 0.15) is 137 Å². The molecule has 0 spiro atoms. The predicted octanol–water partition coefficient (Wildman–Crippen LogP) is -3.78. The average molecular weight is 1510 g/mol. The lowest BCUT2D eigenvalue weighted by Crippen LogP contribution is -2.62. The van der Waals surface area contributed by atoms with Crippen molar-refractivity contribution in [1.82, 2.24) is 74.1 Å². The van der Waals surface area contributed by atoms with Crippen LogP contribution in [0, 0.1) is 17.8 Å². The number of carbonyl (C=O) groups is 15. The SMILES string of the molecule is CCCCCCCC(=O)N[C@@H](C(=O)N[C@@H](CCN)C(=O)NCC(=O)N[C@H](CO)C(=O)N[C@H](Cc1c[nH]c2ccccc12)C(=O)N[C@@H](CO)C(=O)N[C@@H](CCN)C(=O)N[C@H](CCN)C(=O)N[C@@H](Cc1ccccc1)C(=O)N[C@@H](CCC(=O)O)C(=O)N[C@H](C(=O)N[C@@H](C(=O)N[C@@H](C)C(=O)O)C(C)C)C(C)C)C(C)C. The van der Waals surface area contributed by atoms with Gasteiger partial charge in [0, 0.05) is 42.8 Å². The number of carboxylic acids is 2. The Kier molecular flexibility index (Phi) is 40.3. The lowest BCUT2D eigenvalue weighted by molar-refractivity contribution is -0.142. The third-order valence-corrected chi connectivity index (χ3v) is 17.3. The first-order valence-corrected chi connectivity index (χ1v) is 36.0. The molecule has 0 saturated heterocycles. The van der Waals surface area contributed by atoms with Crippen LogP contribution in [0.25, 0.3) is 10.9 Å². The fraction of sp³-hybridized carbons (Fsp3) is 0.592. The number of rotatable bonds is 50. The molecule has 0 bridgehead atoms. The number of nitrogens with one attached hydrogen (secondary N) is 14. The molecule has 0 unspecified atom stereocenters. The number of benzene rings is 2. The van der Waals surface area contributed by atoms with Crippen molar-refractivity contribution in [2.45, 2.75) is 211 Å². The van der Waals surface area contributed by atoms with Gasteiger partial charge in [-0.1, -0.05) is 123 Å². The minimum absolute atomic E-state index is 0.0716. The molecular formula is C71H111N17O19. The van der Waals surface area contributed by atoms with E-state index in [1.807, 2.05) is 0 Å². The number of aliphatic carboxylic acids is 2. The molecule has 0 fully saturated rings. The highest BCUT2D eigenvalue weighted by atomic mass is 16.4. The van der Waals surface area contributed by atoms with E-state index in [2.05, 4.69) is 81.0 Å². The highest BCUT2D eigenvalue weighted by Gasteiger charge is 2.38. The summed E-state index contributed by atoms with van der Waals surface area (Å²) < 4.78 is 0. The molecule has 107 heavy (non-hydrogen) atoms. The summed E-state index contributed by atoms with van der Waals surface area (Å²) >= 11 is 0. The van der Waals surface area contributed by atoms with Gasteiger partial charge in [0.2, 0.25) is 76.8 Å². The number of aliphatic hydroxyl groups excluding tert-OH is 2. The van der Waals surface area contributed by atoms with Gasteiger partial charge in [0.1, 0.15) is 72.5 Å². The largest absolute Gasteiger partial charge is 0.481 e. The van der Waals surface area contributed by atoms with Crippen LogP contribution in [0.2, 0.25) is 0 Å². The molecular weight excluding hydrogens is 1390 g/mol. The molecule has 1 heterocycles. The number of nitrogens with two attached hydrogens (primary N) is 3. The molecule has 0 aliphatic carbocycles.